The largest absolute Gasteiger partial charge is 0.496 e. The van der Waals surface area contributed by atoms with Gasteiger partial charge in [-0.25, -0.2) is 4.98 Å². The average Bonchev–Trinajstić information content (AvgIpc) is 3.15. The van der Waals surface area contributed by atoms with Crippen LogP contribution >= 0.6 is 11.8 Å². The SMILES string of the molecule is COc1ccccc1CNC(=O)C(C)Sc1n[nH]c(-c2ccc(C)cc2)n1. The lowest BCUT2D eigenvalue weighted by atomic mass is 10.1. The number of para-hydroxylation sites is 1. The van der Waals surface area contributed by atoms with Gasteiger partial charge in [0, 0.05) is 17.7 Å². The van der Waals surface area contributed by atoms with Crippen LogP contribution in [-0.4, -0.2) is 33.4 Å². The Hall–Kier alpha value is -2.80. The summed E-state index contributed by atoms with van der Waals surface area (Å²) in [5.41, 5.74) is 3.09. The molecule has 0 saturated heterocycles. The van der Waals surface area contributed by atoms with Gasteiger partial charge in [-0.1, -0.05) is 59.8 Å². The van der Waals surface area contributed by atoms with Crippen LogP contribution in [0, 0.1) is 6.92 Å². The fourth-order valence-corrected chi connectivity index (χ4v) is 3.28. The Morgan fingerprint density at radius 1 is 1.22 bits per heavy atom. The molecular formula is C20H22N4O2S. The lowest BCUT2D eigenvalue weighted by Gasteiger charge is -2.12. The second kappa shape index (κ2) is 8.73. The quantitative estimate of drug-likeness (QED) is 0.611. The van der Waals surface area contributed by atoms with Crippen LogP contribution in [0.2, 0.25) is 0 Å². The van der Waals surface area contributed by atoms with Gasteiger partial charge in [0.15, 0.2) is 5.82 Å². The number of nitrogens with one attached hydrogen (secondary N) is 2. The van der Waals surface area contributed by atoms with Crippen molar-refractivity contribution in [1.29, 1.82) is 0 Å². The number of carbonyl (C=O) groups excluding carboxylic acids is 1. The van der Waals surface area contributed by atoms with Gasteiger partial charge in [0.25, 0.3) is 0 Å². The van der Waals surface area contributed by atoms with Crippen molar-refractivity contribution in [2.45, 2.75) is 30.8 Å². The van der Waals surface area contributed by atoms with Crippen LogP contribution in [0.15, 0.2) is 53.7 Å². The maximum absolute atomic E-state index is 12.4. The number of aromatic amines is 1. The van der Waals surface area contributed by atoms with E-state index < -0.39 is 0 Å². The summed E-state index contributed by atoms with van der Waals surface area (Å²) >= 11 is 1.32. The molecule has 3 rings (SSSR count). The highest BCUT2D eigenvalue weighted by molar-refractivity contribution is 8.00. The molecule has 140 valence electrons. The highest BCUT2D eigenvalue weighted by Gasteiger charge is 2.17. The van der Waals surface area contributed by atoms with Gasteiger partial charge in [-0.05, 0) is 19.9 Å². The first-order chi connectivity index (χ1) is 13.1. The summed E-state index contributed by atoms with van der Waals surface area (Å²) in [6.07, 6.45) is 0. The Balaban J connectivity index is 1.57. The third-order valence-electron chi connectivity index (χ3n) is 4.09. The number of hydrogen-bond donors (Lipinski definition) is 2. The molecule has 1 atom stereocenters. The number of aryl methyl sites for hydroxylation is 1. The minimum Gasteiger partial charge on any atom is -0.496 e. The second-order valence-electron chi connectivity index (χ2n) is 6.12. The topological polar surface area (TPSA) is 79.9 Å². The van der Waals surface area contributed by atoms with Gasteiger partial charge in [-0.2, -0.15) is 0 Å². The number of carbonyl (C=O) groups is 1. The second-order valence-corrected chi connectivity index (χ2v) is 7.43. The van der Waals surface area contributed by atoms with E-state index >= 15 is 0 Å². The molecule has 0 aliphatic heterocycles. The van der Waals surface area contributed by atoms with Gasteiger partial charge in [-0.3, -0.25) is 9.89 Å². The first kappa shape index (κ1) is 19.0. The molecule has 1 amide bonds. The minimum absolute atomic E-state index is 0.0763. The van der Waals surface area contributed by atoms with E-state index in [4.69, 9.17) is 4.74 Å². The number of nitrogens with zero attached hydrogens (tertiary/aromatic N) is 2. The summed E-state index contributed by atoms with van der Waals surface area (Å²) in [6, 6.07) is 15.7. The normalized spacial score (nSPS) is 11.8. The van der Waals surface area contributed by atoms with Gasteiger partial charge in [0.05, 0.1) is 12.4 Å². The first-order valence-electron chi connectivity index (χ1n) is 8.62. The van der Waals surface area contributed by atoms with Gasteiger partial charge < -0.3 is 10.1 Å². The highest BCUT2D eigenvalue weighted by Crippen LogP contribution is 2.23. The minimum atomic E-state index is -0.318. The standard InChI is InChI=1S/C20H22N4O2S/c1-13-8-10-15(11-9-13)18-22-20(24-23-18)27-14(2)19(25)21-12-16-6-4-5-7-17(16)26-3/h4-11,14H,12H2,1-3H3,(H,21,25)(H,22,23,24). The predicted molar refractivity (Wildman–Crippen MR) is 107 cm³/mol. The Labute approximate surface area is 162 Å². The molecule has 0 aliphatic rings. The molecule has 2 aromatic carbocycles. The molecule has 1 heterocycles. The fourth-order valence-electron chi connectivity index (χ4n) is 2.53. The van der Waals surface area contributed by atoms with Crippen LogP contribution in [0.25, 0.3) is 11.4 Å². The van der Waals surface area contributed by atoms with Crippen molar-refractivity contribution in [3.8, 4) is 17.1 Å². The number of methoxy groups -OCH3 is 1. The number of rotatable bonds is 7. The number of aromatic nitrogens is 3. The van der Waals surface area contributed by atoms with E-state index in [1.165, 1.54) is 17.3 Å². The van der Waals surface area contributed by atoms with Gasteiger partial charge in [0.1, 0.15) is 5.75 Å². The highest BCUT2D eigenvalue weighted by atomic mass is 32.2. The van der Waals surface area contributed by atoms with E-state index in [-0.39, 0.29) is 11.2 Å². The third-order valence-corrected chi connectivity index (χ3v) is 5.05. The van der Waals surface area contributed by atoms with Gasteiger partial charge in [-0.15, -0.1) is 5.10 Å². The van der Waals surface area contributed by atoms with Crippen molar-refractivity contribution in [2.75, 3.05) is 7.11 Å². The van der Waals surface area contributed by atoms with Gasteiger partial charge >= 0.3 is 0 Å². The van der Waals surface area contributed by atoms with Crippen LogP contribution in [0.4, 0.5) is 0 Å². The molecule has 0 spiro atoms. The zero-order valence-electron chi connectivity index (χ0n) is 15.5. The molecule has 0 radical (unpaired) electrons. The van der Waals surface area contributed by atoms with E-state index in [1.807, 2.05) is 62.4 Å². The number of H-pyrrole nitrogens is 1. The fraction of sp³-hybridized carbons (Fsp3) is 0.250. The molecular weight excluding hydrogens is 360 g/mol. The van der Waals surface area contributed by atoms with E-state index in [2.05, 4.69) is 20.5 Å². The summed E-state index contributed by atoms with van der Waals surface area (Å²) in [5.74, 6) is 1.38. The number of benzene rings is 2. The molecule has 0 fully saturated rings. The van der Waals surface area contributed by atoms with Crippen molar-refractivity contribution in [2.24, 2.45) is 0 Å². The first-order valence-corrected chi connectivity index (χ1v) is 9.50. The number of thioether (sulfide) groups is 1. The van der Waals surface area contributed by atoms with Crippen molar-refractivity contribution in [1.82, 2.24) is 20.5 Å². The van der Waals surface area contributed by atoms with Crippen molar-refractivity contribution < 1.29 is 9.53 Å². The summed E-state index contributed by atoms with van der Waals surface area (Å²) in [6.45, 7) is 4.29. The number of ether oxygens (including phenoxy) is 1. The van der Waals surface area contributed by atoms with E-state index in [9.17, 15) is 4.79 Å². The van der Waals surface area contributed by atoms with Crippen molar-refractivity contribution >= 4 is 17.7 Å². The molecule has 0 bridgehead atoms. The zero-order chi connectivity index (χ0) is 19.2. The van der Waals surface area contributed by atoms with Crippen LogP contribution in [0.3, 0.4) is 0 Å². The lowest BCUT2D eigenvalue weighted by molar-refractivity contribution is -0.120. The molecule has 1 aromatic heterocycles. The maximum atomic E-state index is 12.4. The van der Waals surface area contributed by atoms with Gasteiger partial charge in [0.2, 0.25) is 11.1 Å². The molecule has 3 aromatic rings. The summed E-state index contributed by atoms with van der Waals surface area (Å²) < 4.78 is 5.31. The smallest absolute Gasteiger partial charge is 0.233 e. The Bertz CT molecular complexity index is 908. The van der Waals surface area contributed by atoms with E-state index in [1.54, 1.807) is 7.11 Å². The summed E-state index contributed by atoms with van der Waals surface area (Å²) in [7, 11) is 1.62. The third kappa shape index (κ3) is 4.89. The number of amides is 1. The molecule has 27 heavy (non-hydrogen) atoms. The Kier molecular flexibility index (Phi) is 6.13. The lowest BCUT2D eigenvalue weighted by Crippen LogP contribution is -2.30. The molecule has 1 unspecified atom stereocenters. The van der Waals surface area contributed by atoms with Crippen molar-refractivity contribution in [3.05, 3.63) is 59.7 Å². The molecule has 2 N–H and O–H groups in total. The Morgan fingerprint density at radius 3 is 2.70 bits per heavy atom. The average molecular weight is 382 g/mol. The van der Waals surface area contributed by atoms with E-state index in [0.717, 1.165) is 16.9 Å². The molecule has 6 nitrogen and oxygen atoms in total. The monoisotopic (exact) mass is 382 g/mol. The van der Waals surface area contributed by atoms with Crippen LogP contribution in [0.5, 0.6) is 5.75 Å². The molecule has 0 saturated carbocycles. The number of hydrogen-bond acceptors (Lipinski definition) is 5. The van der Waals surface area contributed by atoms with E-state index in [0.29, 0.717) is 17.5 Å². The van der Waals surface area contributed by atoms with Crippen LogP contribution in [-0.2, 0) is 11.3 Å². The molecule has 7 heteroatoms. The summed E-state index contributed by atoms with van der Waals surface area (Å²) in [4.78, 5) is 16.9. The maximum Gasteiger partial charge on any atom is 0.233 e. The summed E-state index contributed by atoms with van der Waals surface area (Å²) in [5, 5.41) is 10.3. The predicted octanol–water partition coefficient (Wildman–Crippen LogP) is 3.59. The zero-order valence-corrected chi connectivity index (χ0v) is 16.3. The Morgan fingerprint density at radius 2 is 1.96 bits per heavy atom. The van der Waals surface area contributed by atoms with Crippen LogP contribution in [0.1, 0.15) is 18.1 Å². The van der Waals surface area contributed by atoms with Crippen LogP contribution < -0.4 is 10.1 Å². The van der Waals surface area contributed by atoms with Crippen molar-refractivity contribution in [3.63, 3.8) is 0 Å². The molecule has 0 aliphatic carbocycles.